The lowest BCUT2D eigenvalue weighted by atomic mass is 10.1. The first kappa shape index (κ1) is 26.3. The Hall–Kier alpha value is 0.0900. The monoisotopic (exact) mass is 369 g/mol. The van der Waals surface area contributed by atoms with Crippen molar-refractivity contribution in [2.45, 2.75) is 91.9 Å². The Bertz CT molecular complexity index is 242. The van der Waals surface area contributed by atoms with Crippen molar-refractivity contribution < 1.29 is 33.4 Å². The Morgan fingerprint density at radius 3 is 1.12 bits per heavy atom. The number of rotatable bonds is 14. The average molecular weight is 370 g/mol. The largest absolute Gasteiger partial charge is 0.324 e. The van der Waals surface area contributed by atoms with E-state index in [9.17, 15) is 0 Å². The molecule has 0 bridgehead atoms. The van der Waals surface area contributed by atoms with E-state index in [0.29, 0.717) is 0 Å². The van der Waals surface area contributed by atoms with E-state index in [1.54, 1.807) is 0 Å². The Balaban J connectivity index is 0. The molecule has 0 radical (unpaired) electrons. The molecular formula is C18H40ClNO4. The minimum absolute atomic E-state index is 1.31. The third-order valence-corrected chi connectivity index (χ3v) is 5.00. The summed E-state index contributed by atoms with van der Waals surface area (Å²) in [7, 11) is -4.94. The summed E-state index contributed by atoms with van der Waals surface area (Å²) in [6.07, 6.45) is 14.5. The lowest BCUT2D eigenvalue weighted by molar-refractivity contribution is -2.00. The summed E-state index contributed by atoms with van der Waals surface area (Å²) in [5.41, 5.74) is 0. The number of nitrogens with zero attached hydrogens (tertiary/aromatic N) is 1. The van der Waals surface area contributed by atoms with Crippen molar-refractivity contribution in [2.24, 2.45) is 0 Å². The van der Waals surface area contributed by atoms with E-state index in [0.717, 1.165) is 0 Å². The summed E-state index contributed by atoms with van der Waals surface area (Å²) in [5, 5.41) is 0. The highest BCUT2D eigenvalue weighted by Crippen LogP contribution is 2.13. The average Bonchev–Trinajstić information content (AvgIpc) is 2.52. The zero-order chi connectivity index (χ0) is 18.9. The molecule has 0 aromatic heterocycles. The van der Waals surface area contributed by atoms with Gasteiger partial charge in [0.2, 0.25) is 0 Å². The zero-order valence-corrected chi connectivity index (χ0v) is 17.1. The number of unbranched alkanes of at least 4 members (excludes halogenated alkanes) is 9. The van der Waals surface area contributed by atoms with Gasteiger partial charge in [0.15, 0.2) is 0 Å². The standard InChI is InChI=1S/C18H40N.ClHO4/c1-5-9-10-11-12-13-14-15-16-17-18-19(6-2,7-3)8-4;2-1(3,4)5/h5-18H2,1-4H3;(H,2,3,4,5)/q+1;/p-1. The number of hydrogen-bond donors (Lipinski definition) is 0. The SMILES string of the molecule is CCCCCCCCCCCC[N+](CC)(CC)CC.[O-][Cl+3]([O-])([O-])[O-]. The second-order valence-corrected chi connectivity index (χ2v) is 7.33. The van der Waals surface area contributed by atoms with Crippen LogP contribution in [0.25, 0.3) is 0 Å². The molecule has 0 N–H and O–H groups in total. The maximum absolute atomic E-state index is 8.49. The van der Waals surface area contributed by atoms with Gasteiger partial charge in [0.05, 0.1) is 26.2 Å². The fraction of sp³-hybridized carbons (Fsp3) is 1.00. The predicted octanol–water partition coefficient (Wildman–Crippen LogP) is 1.03. The van der Waals surface area contributed by atoms with Gasteiger partial charge >= 0.3 is 0 Å². The van der Waals surface area contributed by atoms with Crippen molar-refractivity contribution in [3.63, 3.8) is 0 Å². The minimum Gasteiger partial charge on any atom is -0.324 e. The third kappa shape index (κ3) is 20.1. The second-order valence-electron chi connectivity index (χ2n) is 6.57. The summed E-state index contributed by atoms with van der Waals surface area (Å²) in [6.45, 7) is 14.7. The maximum Gasteiger partial charge on any atom is 0.0786 e. The van der Waals surface area contributed by atoms with Crippen LogP contribution in [-0.2, 0) is 0 Å². The number of halogens is 1. The van der Waals surface area contributed by atoms with E-state index in [1.807, 2.05) is 0 Å². The Labute approximate surface area is 152 Å². The second kappa shape index (κ2) is 16.6. The van der Waals surface area contributed by atoms with Gasteiger partial charge in [-0.2, -0.15) is 0 Å². The van der Waals surface area contributed by atoms with Crippen LogP contribution >= 0.6 is 0 Å². The normalized spacial score (nSPS) is 12.0. The molecular weight excluding hydrogens is 330 g/mol. The molecule has 0 aliphatic heterocycles. The molecule has 0 atom stereocenters. The van der Waals surface area contributed by atoms with E-state index in [2.05, 4.69) is 27.7 Å². The highest BCUT2D eigenvalue weighted by atomic mass is 35.7. The highest BCUT2D eigenvalue weighted by Gasteiger charge is 2.19. The molecule has 5 nitrogen and oxygen atoms in total. The van der Waals surface area contributed by atoms with E-state index < -0.39 is 10.2 Å². The van der Waals surface area contributed by atoms with Crippen molar-refractivity contribution in [1.82, 2.24) is 0 Å². The van der Waals surface area contributed by atoms with Gasteiger partial charge in [0.25, 0.3) is 0 Å². The predicted molar refractivity (Wildman–Crippen MR) is 88.6 cm³/mol. The molecule has 0 aromatic rings. The summed E-state index contributed by atoms with van der Waals surface area (Å²) >= 11 is 0. The van der Waals surface area contributed by atoms with Crippen LogP contribution in [0.2, 0.25) is 0 Å². The third-order valence-electron chi connectivity index (χ3n) is 5.00. The first-order valence-electron chi connectivity index (χ1n) is 9.71. The molecule has 0 unspecified atom stereocenters. The summed E-state index contributed by atoms with van der Waals surface area (Å²) in [4.78, 5) is 0. The van der Waals surface area contributed by atoms with Crippen molar-refractivity contribution in [1.29, 1.82) is 0 Å². The highest BCUT2D eigenvalue weighted by molar-refractivity contribution is 4.48. The van der Waals surface area contributed by atoms with E-state index in [1.165, 1.54) is 94.9 Å². The topological polar surface area (TPSA) is 92.2 Å². The van der Waals surface area contributed by atoms with Crippen LogP contribution in [-0.4, -0.2) is 30.7 Å². The first-order valence-corrected chi connectivity index (χ1v) is 10.9. The zero-order valence-electron chi connectivity index (χ0n) is 16.4. The molecule has 0 aliphatic rings. The van der Waals surface area contributed by atoms with Crippen molar-refractivity contribution >= 4 is 0 Å². The van der Waals surface area contributed by atoms with Crippen LogP contribution in [0.1, 0.15) is 91.9 Å². The van der Waals surface area contributed by atoms with Gasteiger partial charge < -0.3 is 4.48 Å². The van der Waals surface area contributed by atoms with E-state index in [4.69, 9.17) is 18.6 Å². The quantitative estimate of drug-likeness (QED) is 0.337. The van der Waals surface area contributed by atoms with Crippen LogP contribution in [0, 0.1) is 10.2 Å². The molecule has 0 spiro atoms. The van der Waals surface area contributed by atoms with Gasteiger partial charge in [0, 0.05) is 0 Å². The molecule has 0 saturated heterocycles. The molecule has 0 aliphatic carbocycles. The van der Waals surface area contributed by atoms with Gasteiger partial charge in [-0.05, 0) is 33.6 Å². The fourth-order valence-corrected chi connectivity index (χ4v) is 3.08. The van der Waals surface area contributed by atoms with Crippen LogP contribution in [0.3, 0.4) is 0 Å². The molecule has 0 rings (SSSR count). The Kier molecular flexibility index (Phi) is 18.2. The molecule has 0 aromatic carbocycles. The summed E-state index contributed by atoms with van der Waals surface area (Å²) < 4.78 is 35.3. The van der Waals surface area contributed by atoms with Crippen LogP contribution in [0.4, 0.5) is 0 Å². The Morgan fingerprint density at radius 1 is 0.542 bits per heavy atom. The van der Waals surface area contributed by atoms with Gasteiger partial charge in [-0.1, -0.05) is 58.3 Å². The van der Waals surface area contributed by atoms with Crippen LogP contribution < -0.4 is 18.6 Å². The molecule has 0 heterocycles. The van der Waals surface area contributed by atoms with E-state index in [-0.39, 0.29) is 0 Å². The lowest BCUT2D eigenvalue weighted by Gasteiger charge is -2.35. The molecule has 0 amide bonds. The van der Waals surface area contributed by atoms with Gasteiger partial charge in [0.1, 0.15) is 0 Å². The maximum atomic E-state index is 8.49. The van der Waals surface area contributed by atoms with Crippen LogP contribution in [0.5, 0.6) is 0 Å². The van der Waals surface area contributed by atoms with Gasteiger partial charge in [-0.3, -0.25) is 0 Å². The number of quaternary nitrogens is 1. The molecule has 24 heavy (non-hydrogen) atoms. The van der Waals surface area contributed by atoms with Crippen molar-refractivity contribution in [3.8, 4) is 0 Å². The molecule has 0 fully saturated rings. The lowest BCUT2D eigenvalue weighted by Crippen LogP contribution is -2.68. The molecule has 6 heteroatoms. The smallest absolute Gasteiger partial charge is 0.0786 e. The van der Waals surface area contributed by atoms with Gasteiger partial charge in [-0.25, -0.2) is 18.6 Å². The van der Waals surface area contributed by atoms with Crippen molar-refractivity contribution in [2.75, 3.05) is 26.2 Å². The molecule has 148 valence electrons. The summed E-state index contributed by atoms with van der Waals surface area (Å²) in [5.74, 6) is 0. The first-order chi connectivity index (χ1) is 11.2. The van der Waals surface area contributed by atoms with Crippen LogP contribution in [0.15, 0.2) is 0 Å². The molecule has 0 saturated carbocycles. The van der Waals surface area contributed by atoms with E-state index >= 15 is 0 Å². The minimum atomic E-state index is -4.94. The summed E-state index contributed by atoms with van der Waals surface area (Å²) in [6, 6.07) is 0. The van der Waals surface area contributed by atoms with Gasteiger partial charge in [-0.15, -0.1) is 10.2 Å². The number of hydrogen-bond acceptors (Lipinski definition) is 4. The fourth-order valence-electron chi connectivity index (χ4n) is 3.08. The Morgan fingerprint density at radius 2 is 0.833 bits per heavy atom. The van der Waals surface area contributed by atoms with Crippen molar-refractivity contribution in [3.05, 3.63) is 0 Å².